The van der Waals surface area contributed by atoms with Gasteiger partial charge in [-0.1, -0.05) is 0 Å². The molecule has 0 aromatic rings. The van der Waals surface area contributed by atoms with Crippen molar-refractivity contribution in [3.63, 3.8) is 0 Å². The summed E-state index contributed by atoms with van der Waals surface area (Å²) in [5.41, 5.74) is 4.62. The molecule has 1 rings (SSSR count). The number of hydrogen-bond acceptors (Lipinski definition) is 3. The fourth-order valence-corrected chi connectivity index (χ4v) is 1.63. The van der Waals surface area contributed by atoms with Crippen molar-refractivity contribution in [1.82, 2.24) is 4.90 Å². The van der Waals surface area contributed by atoms with E-state index in [-0.39, 0.29) is 12.5 Å². The van der Waals surface area contributed by atoms with Gasteiger partial charge in [-0.15, -0.1) is 0 Å². The second-order valence-electron chi connectivity index (χ2n) is 3.33. The van der Waals surface area contributed by atoms with Crippen LogP contribution >= 0.6 is 0 Å². The van der Waals surface area contributed by atoms with Gasteiger partial charge in [0.05, 0.1) is 12.1 Å². The van der Waals surface area contributed by atoms with Gasteiger partial charge in [0, 0.05) is 6.54 Å². The van der Waals surface area contributed by atoms with E-state index < -0.39 is 5.54 Å². The van der Waals surface area contributed by atoms with E-state index in [0.29, 0.717) is 6.54 Å². The average Bonchev–Trinajstić information content (AvgIpc) is 2.47. The van der Waals surface area contributed by atoms with Crippen molar-refractivity contribution in [2.75, 3.05) is 13.1 Å². The maximum absolute atomic E-state index is 11.2. The van der Waals surface area contributed by atoms with Crippen LogP contribution in [0.5, 0.6) is 0 Å². The van der Waals surface area contributed by atoms with Crippen LogP contribution in [0.1, 0.15) is 19.8 Å². The molecule has 68 valence electrons. The molecule has 2 N–H and O–H groups in total. The largest absolute Gasteiger partial charge is 0.329 e. The fraction of sp³-hybridized carbons (Fsp3) is 0.750. The lowest BCUT2D eigenvalue weighted by Gasteiger charge is -2.29. The molecule has 1 atom stereocenters. The Morgan fingerprint density at radius 3 is 2.92 bits per heavy atom. The molecule has 0 bridgehead atoms. The minimum absolute atomic E-state index is 0.0105. The van der Waals surface area contributed by atoms with Crippen LogP contribution < -0.4 is 5.73 Å². The van der Waals surface area contributed by atoms with Crippen LogP contribution in [-0.4, -0.2) is 35.7 Å². The minimum Gasteiger partial charge on any atom is -0.329 e. The van der Waals surface area contributed by atoms with Gasteiger partial charge in [-0.05, 0) is 19.8 Å². The summed E-state index contributed by atoms with van der Waals surface area (Å²) >= 11 is 0. The van der Waals surface area contributed by atoms with E-state index in [0.717, 1.165) is 19.1 Å². The third kappa shape index (κ3) is 1.34. The van der Waals surface area contributed by atoms with Crippen molar-refractivity contribution in [2.45, 2.75) is 25.3 Å². The van der Waals surface area contributed by atoms with Crippen molar-refractivity contribution in [2.24, 2.45) is 5.73 Å². The van der Waals surface area contributed by atoms with Gasteiger partial charge in [-0.25, -0.2) is 0 Å². The monoisotopic (exact) mass is 170 g/mol. The summed E-state index contributed by atoms with van der Waals surface area (Å²) in [6.07, 6.45) is 2.48. The van der Waals surface area contributed by atoms with Crippen molar-refractivity contribution in [1.29, 1.82) is 0 Å². The first-order valence-corrected chi connectivity index (χ1v) is 4.11. The molecule has 0 radical (unpaired) electrons. The van der Waals surface area contributed by atoms with Crippen molar-refractivity contribution in [3.8, 4) is 0 Å². The highest BCUT2D eigenvalue weighted by atomic mass is 16.2. The SMILES string of the molecule is C[C@@]1(C=O)CCCN1C(=O)CN. The topological polar surface area (TPSA) is 63.4 Å². The Morgan fingerprint density at radius 1 is 1.75 bits per heavy atom. The summed E-state index contributed by atoms with van der Waals surface area (Å²) < 4.78 is 0. The van der Waals surface area contributed by atoms with Gasteiger partial charge in [0.25, 0.3) is 0 Å². The minimum atomic E-state index is -0.601. The highest BCUT2D eigenvalue weighted by molar-refractivity contribution is 5.83. The normalized spacial score (nSPS) is 29.0. The molecule has 0 aliphatic carbocycles. The maximum Gasteiger partial charge on any atom is 0.237 e. The van der Waals surface area contributed by atoms with Crippen molar-refractivity contribution in [3.05, 3.63) is 0 Å². The third-order valence-electron chi connectivity index (χ3n) is 2.41. The van der Waals surface area contributed by atoms with Crippen LogP contribution in [0.3, 0.4) is 0 Å². The van der Waals surface area contributed by atoms with Crippen LogP contribution in [-0.2, 0) is 9.59 Å². The molecule has 4 nitrogen and oxygen atoms in total. The molecule has 1 aliphatic heterocycles. The molecule has 1 saturated heterocycles. The summed E-state index contributed by atoms with van der Waals surface area (Å²) in [5, 5.41) is 0. The van der Waals surface area contributed by atoms with E-state index in [1.807, 2.05) is 0 Å². The van der Waals surface area contributed by atoms with E-state index in [1.54, 1.807) is 11.8 Å². The van der Waals surface area contributed by atoms with Gasteiger partial charge in [0.2, 0.25) is 5.91 Å². The van der Waals surface area contributed by atoms with Crippen LogP contribution in [0, 0.1) is 0 Å². The van der Waals surface area contributed by atoms with Crippen LogP contribution in [0.4, 0.5) is 0 Å². The van der Waals surface area contributed by atoms with Crippen LogP contribution in [0.2, 0.25) is 0 Å². The number of nitrogens with zero attached hydrogens (tertiary/aromatic N) is 1. The molecule has 4 heteroatoms. The number of carbonyl (C=O) groups excluding carboxylic acids is 2. The molecule has 0 aromatic carbocycles. The van der Waals surface area contributed by atoms with E-state index in [1.165, 1.54) is 0 Å². The fourth-order valence-electron chi connectivity index (χ4n) is 1.63. The lowest BCUT2D eigenvalue weighted by atomic mass is 10.0. The van der Waals surface area contributed by atoms with Gasteiger partial charge in [0.1, 0.15) is 6.29 Å². The summed E-state index contributed by atoms with van der Waals surface area (Å²) in [5.74, 6) is -0.137. The van der Waals surface area contributed by atoms with E-state index in [4.69, 9.17) is 5.73 Å². The summed E-state index contributed by atoms with van der Waals surface area (Å²) in [6, 6.07) is 0. The Balaban J connectivity index is 2.76. The molecular weight excluding hydrogens is 156 g/mol. The maximum atomic E-state index is 11.2. The molecule has 0 saturated carbocycles. The molecule has 0 aromatic heterocycles. The predicted molar refractivity (Wildman–Crippen MR) is 44.5 cm³/mol. The number of carbonyl (C=O) groups is 2. The Hall–Kier alpha value is -0.900. The van der Waals surface area contributed by atoms with Crippen molar-refractivity contribution < 1.29 is 9.59 Å². The average molecular weight is 170 g/mol. The molecule has 1 aliphatic rings. The van der Waals surface area contributed by atoms with Crippen LogP contribution in [0.15, 0.2) is 0 Å². The van der Waals surface area contributed by atoms with Gasteiger partial charge in [0.15, 0.2) is 0 Å². The summed E-state index contributed by atoms with van der Waals surface area (Å²) in [7, 11) is 0. The zero-order valence-corrected chi connectivity index (χ0v) is 7.25. The molecule has 1 heterocycles. The number of amides is 1. The Morgan fingerprint density at radius 2 is 2.42 bits per heavy atom. The first-order valence-electron chi connectivity index (χ1n) is 4.11. The van der Waals surface area contributed by atoms with Crippen LogP contribution in [0.25, 0.3) is 0 Å². The van der Waals surface area contributed by atoms with Gasteiger partial charge in [-0.3, -0.25) is 4.79 Å². The smallest absolute Gasteiger partial charge is 0.237 e. The first kappa shape index (κ1) is 9.19. The number of rotatable bonds is 2. The van der Waals surface area contributed by atoms with Crippen molar-refractivity contribution >= 4 is 12.2 Å². The summed E-state index contributed by atoms with van der Waals surface area (Å²) in [4.78, 5) is 23.5. The Kier molecular flexibility index (Phi) is 2.47. The predicted octanol–water partition coefficient (Wildman–Crippen LogP) is -0.475. The summed E-state index contributed by atoms with van der Waals surface area (Å²) in [6.45, 7) is 2.43. The molecule has 1 fully saturated rings. The number of aldehydes is 1. The molecule has 12 heavy (non-hydrogen) atoms. The van der Waals surface area contributed by atoms with E-state index in [9.17, 15) is 9.59 Å². The number of nitrogens with two attached hydrogens (primary N) is 1. The standard InChI is InChI=1S/C8H14N2O2/c1-8(6-11)3-2-4-10(8)7(12)5-9/h6H,2-5,9H2,1H3/t8-/m0/s1. The Bertz CT molecular complexity index is 205. The lowest BCUT2D eigenvalue weighted by molar-refractivity contribution is -0.137. The molecule has 0 spiro atoms. The second-order valence-corrected chi connectivity index (χ2v) is 3.33. The molecule has 0 unspecified atom stereocenters. The Labute approximate surface area is 71.7 Å². The second kappa shape index (κ2) is 3.23. The quantitative estimate of drug-likeness (QED) is 0.569. The highest BCUT2D eigenvalue weighted by Gasteiger charge is 2.38. The van der Waals surface area contributed by atoms with Gasteiger partial charge < -0.3 is 15.4 Å². The van der Waals surface area contributed by atoms with E-state index in [2.05, 4.69) is 0 Å². The van der Waals surface area contributed by atoms with E-state index >= 15 is 0 Å². The molecule has 1 amide bonds. The first-order chi connectivity index (χ1) is 5.64. The van der Waals surface area contributed by atoms with Gasteiger partial charge >= 0.3 is 0 Å². The highest BCUT2D eigenvalue weighted by Crippen LogP contribution is 2.26. The molecular formula is C8H14N2O2. The third-order valence-corrected chi connectivity index (χ3v) is 2.41. The number of likely N-dealkylation sites (tertiary alicyclic amines) is 1. The zero-order chi connectivity index (χ0) is 9.19. The lowest BCUT2D eigenvalue weighted by Crippen LogP contribution is -2.48. The number of hydrogen-bond donors (Lipinski definition) is 1. The van der Waals surface area contributed by atoms with Gasteiger partial charge in [-0.2, -0.15) is 0 Å². The zero-order valence-electron chi connectivity index (χ0n) is 7.25.